The SMILES string of the molecule is Cc1cc(CSc2ccccc2C(=O)N2CCN(Cc3ccc4c(c3)CCO4)CC2)no1. The number of rotatable bonds is 6. The van der Waals surface area contributed by atoms with Crippen LogP contribution < -0.4 is 4.74 Å². The molecule has 0 saturated carbocycles. The van der Waals surface area contributed by atoms with Crippen LogP contribution in [0.3, 0.4) is 0 Å². The summed E-state index contributed by atoms with van der Waals surface area (Å²) in [6, 6.07) is 16.3. The molecule has 1 fully saturated rings. The van der Waals surface area contributed by atoms with Crippen LogP contribution in [0.15, 0.2) is 57.9 Å². The van der Waals surface area contributed by atoms with Gasteiger partial charge in [0, 0.05) is 55.9 Å². The highest BCUT2D eigenvalue weighted by atomic mass is 32.2. The molecule has 6 nitrogen and oxygen atoms in total. The Labute approximate surface area is 192 Å². The molecule has 3 aromatic rings. The summed E-state index contributed by atoms with van der Waals surface area (Å²) < 4.78 is 10.8. The molecule has 1 saturated heterocycles. The standard InChI is InChI=1S/C25H27N3O3S/c1-18-14-21(26-31-18)17-32-24-5-3-2-4-22(24)25(29)28-11-9-27(10-12-28)16-19-6-7-23-20(15-19)8-13-30-23/h2-7,14-15H,8-13,16-17H2,1H3. The van der Waals surface area contributed by atoms with Gasteiger partial charge in [0.1, 0.15) is 11.5 Å². The van der Waals surface area contributed by atoms with E-state index in [4.69, 9.17) is 9.26 Å². The molecule has 0 aliphatic carbocycles. The van der Waals surface area contributed by atoms with Crippen LogP contribution in [-0.2, 0) is 18.7 Å². The highest BCUT2D eigenvalue weighted by Gasteiger charge is 2.24. The summed E-state index contributed by atoms with van der Waals surface area (Å²) >= 11 is 1.63. The number of benzene rings is 2. The molecule has 0 bridgehead atoms. The summed E-state index contributed by atoms with van der Waals surface area (Å²) in [6.45, 7) is 6.84. The predicted molar refractivity (Wildman–Crippen MR) is 124 cm³/mol. The van der Waals surface area contributed by atoms with Crippen molar-refractivity contribution >= 4 is 17.7 Å². The topological polar surface area (TPSA) is 58.8 Å². The molecule has 5 rings (SSSR count). The number of fused-ring (bicyclic) bond motifs is 1. The highest BCUT2D eigenvalue weighted by Crippen LogP contribution is 2.28. The van der Waals surface area contributed by atoms with Crippen LogP contribution in [0, 0.1) is 6.92 Å². The van der Waals surface area contributed by atoms with Gasteiger partial charge < -0.3 is 14.2 Å². The first kappa shape index (κ1) is 21.1. The van der Waals surface area contributed by atoms with Gasteiger partial charge in [0.15, 0.2) is 0 Å². The number of hydrogen-bond acceptors (Lipinski definition) is 6. The first-order valence-corrected chi connectivity index (χ1v) is 12.0. The van der Waals surface area contributed by atoms with Gasteiger partial charge in [-0.05, 0) is 36.2 Å². The van der Waals surface area contributed by atoms with Crippen molar-refractivity contribution in [3.8, 4) is 5.75 Å². The molecular weight excluding hydrogens is 422 g/mol. The van der Waals surface area contributed by atoms with E-state index in [0.717, 1.165) is 73.4 Å². The van der Waals surface area contributed by atoms with Gasteiger partial charge in [0.2, 0.25) is 0 Å². The van der Waals surface area contributed by atoms with Crippen LogP contribution in [-0.4, -0.2) is 53.6 Å². The Bertz CT molecular complexity index is 1110. The predicted octanol–water partition coefficient (Wildman–Crippen LogP) is 4.17. The Morgan fingerprint density at radius 3 is 2.75 bits per heavy atom. The van der Waals surface area contributed by atoms with Crippen molar-refractivity contribution in [3.05, 3.63) is 76.7 Å². The van der Waals surface area contributed by atoms with Crippen molar-refractivity contribution in [1.29, 1.82) is 0 Å². The Morgan fingerprint density at radius 2 is 1.94 bits per heavy atom. The molecule has 2 aromatic carbocycles. The van der Waals surface area contributed by atoms with Gasteiger partial charge in [-0.3, -0.25) is 9.69 Å². The number of aryl methyl sites for hydroxylation is 1. The minimum Gasteiger partial charge on any atom is -0.493 e. The monoisotopic (exact) mass is 449 g/mol. The van der Waals surface area contributed by atoms with E-state index < -0.39 is 0 Å². The quantitative estimate of drug-likeness (QED) is 0.527. The van der Waals surface area contributed by atoms with Crippen molar-refractivity contribution < 1.29 is 14.1 Å². The first-order chi connectivity index (χ1) is 15.7. The van der Waals surface area contributed by atoms with Crippen molar-refractivity contribution in [1.82, 2.24) is 15.0 Å². The van der Waals surface area contributed by atoms with Crippen LogP contribution in [0.25, 0.3) is 0 Å². The van der Waals surface area contributed by atoms with Gasteiger partial charge in [-0.1, -0.05) is 29.4 Å². The molecular formula is C25H27N3O3S. The van der Waals surface area contributed by atoms with E-state index in [1.165, 1.54) is 11.1 Å². The Balaban J connectivity index is 1.18. The summed E-state index contributed by atoms with van der Waals surface area (Å²) in [5.74, 6) is 2.62. The number of amides is 1. The molecule has 7 heteroatoms. The lowest BCUT2D eigenvalue weighted by molar-refractivity contribution is 0.0625. The molecule has 1 amide bonds. The molecule has 0 atom stereocenters. The molecule has 0 unspecified atom stereocenters. The molecule has 0 spiro atoms. The Hall–Kier alpha value is -2.77. The van der Waals surface area contributed by atoms with Gasteiger partial charge in [-0.25, -0.2) is 0 Å². The van der Waals surface area contributed by atoms with E-state index in [1.807, 2.05) is 42.2 Å². The average Bonchev–Trinajstić information content (AvgIpc) is 3.46. The number of ether oxygens (including phenoxy) is 1. The van der Waals surface area contributed by atoms with Crippen LogP contribution in [0.4, 0.5) is 0 Å². The Kier molecular flexibility index (Phi) is 6.19. The zero-order valence-corrected chi connectivity index (χ0v) is 19.1. The number of carbonyl (C=O) groups excluding carboxylic acids is 1. The van der Waals surface area contributed by atoms with Crippen LogP contribution in [0.1, 0.15) is 32.9 Å². The number of aromatic nitrogens is 1. The molecule has 3 heterocycles. The van der Waals surface area contributed by atoms with E-state index in [2.05, 4.69) is 28.3 Å². The number of piperazine rings is 1. The van der Waals surface area contributed by atoms with Gasteiger partial charge >= 0.3 is 0 Å². The van der Waals surface area contributed by atoms with Crippen molar-refractivity contribution in [3.63, 3.8) is 0 Å². The fourth-order valence-corrected chi connectivity index (χ4v) is 5.21. The number of thioether (sulfide) groups is 1. The lowest BCUT2D eigenvalue weighted by Gasteiger charge is -2.35. The van der Waals surface area contributed by atoms with Crippen molar-refractivity contribution in [2.45, 2.75) is 30.5 Å². The summed E-state index contributed by atoms with van der Waals surface area (Å²) in [5, 5.41) is 4.05. The fourth-order valence-electron chi connectivity index (χ4n) is 4.28. The average molecular weight is 450 g/mol. The lowest BCUT2D eigenvalue weighted by atomic mass is 10.1. The Morgan fingerprint density at radius 1 is 1.09 bits per heavy atom. The maximum absolute atomic E-state index is 13.3. The zero-order valence-electron chi connectivity index (χ0n) is 18.3. The third-order valence-corrected chi connectivity index (χ3v) is 7.10. The highest BCUT2D eigenvalue weighted by molar-refractivity contribution is 7.98. The minimum absolute atomic E-state index is 0.110. The second kappa shape index (κ2) is 9.38. The smallest absolute Gasteiger partial charge is 0.255 e. The van der Waals surface area contributed by atoms with Crippen molar-refractivity contribution in [2.75, 3.05) is 32.8 Å². The van der Waals surface area contributed by atoms with Crippen molar-refractivity contribution in [2.24, 2.45) is 0 Å². The molecule has 0 N–H and O–H groups in total. The third kappa shape index (κ3) is 4.69. The number of hydrogen-bond donors (Lipinski definition) is 0. The first-order valence-electron chi connectivity index (χ1n) is 11.1. The normalized spacial score (nSPS) is 16.1. The van der Waals surface area contributed by atoms with Gasteiger partial charge in [0.25, 0.3) is 5.91 Å². The largest absolute Gasteiger partial charge is 0.493 e. The number of nitrogens with zero attached hydrogens (tertiary/aromatic N) is 3. The summed E-state index contributed by atoms with van der Waals surface area (Å²) in [4.78, 5) is 18.7. The van der Waals surface area contributed by atoms with Gasteiger partial charge in [0.05, 0.1) is 17.9 Å². The van der Waals surface area contributed by atoms with Gasteiger partial charge in [-0.2, -0.15) is 0 Å². The molecule has 0 radical (unpaired) electrons. The third-order valence-electron chi connectivity index (χ3n) is 5.99. The molecule has 166 valence electrons. The fraction of sp³-hybridized carbons (Fsp3) is 0.360. The summed E-state index contributed by atoms with van der Waals surface area (Å²) in [5.41, 5.74) is 4.29. The summed E-state index contributed by atoms with van der Waals surface area (Å²) in [6.07, 6.45) is 0.999. The lowest BCUT2D eigenvalue weighted by Crippen LogP contribution is -2.48. The summed E-state index contributed by atoms with van der Waals surface area (Å²) in [7, 11) is 0. The van der Waals surface area contributed by atoms with E-state index in [1.54, 1.807) is 11.8 Å². The van der Waals surface area contributed by atoms with E-state index in [9.17, 15) is 4.79 Å². The van der Waals surface area contributed by atoms with Gasteiger partial charge in [-0.15, -0.1) is 11.8 Å². The van der Waals surface area contributed by atoms with E-state index in [-0.39, 0.29) is 5.91 Å². The zero-order chi connectivity index (χ0) is 21.9. The van der Waals surface area contributed by atoms with E-state index >= 15 is 0 Å². The maximum Gasteiger partial charge on any atom is 0.255 e. The van der Waals surface area contributed by atoms with E-state index in [0.29, 0.717) is 5.75 Å². The van der Waals surface area contributed by atoms with Crippen LogP contribution in [0.5, 0.6) is 5.75 Å². The molecule has 1 aromatic heterocycles. The molecule has 2 aliphatic rings. The second-order valence-corrected chi connectivity index (χ2v) is 9.34. The van der Waals surface area contributed by atoms with Crippen LogP contribution in [0.2, 0.25) is 0 Å². The molecule has 32 heavy (non-hydrogen) atoms. The maximum atomic E-state index is 13.3. The minimum atomic E-state index is 0.110. The second-order valence-electron chi connectivity index (χ2n) is 8.32. The number of carbonyl (C=O) groups is 1. The van der Waals surface area contributed by atoms with Crippen LogP contribution >= 0.6 is 11.8 Å². The molecule has 2 aliphatic heterocycles.